The van der Waals surface area contributed by atoms with Gasteiger partial charge in [0.25, 0.3) is 5.69 Å². The van der Waals surface area contributed by atoms with Gasteiger partial charge in [-0.3, -0.25) is 10.1 Å². The first-order chi connectivity index (χ1) is 16.2. The number of esters is 2. The van der Waals surface area contributed by atoms with Gasteiger partial charge in [-0.2, -0.15) is 0 Å². The number of carbonyl (C=O) groups excluding carboxylic acids is 2. The number of benzene rings is 2. The number of ether oxygens (including phenoxy) is 4. The predicted molar refractivity (Wildman–Crippen MR) is 126 cm³/mol. The second-order valence-electron chi connectivity index (χ2n) is 6.61. The standard InChI is InChI=1S/C22H18BrClN2O8/c1-3-31-18-9-12(7-15(23)20(18)33-11-19(27)32-4-2)8-17-22(28)34-21(25-17)14-10-13(26(29)30)5-6-16(14)24/h5-10H,3-4,11H2,1-2H3/b17-8-. The van der Waals surface area contributed by atoms with E-state index < -0.39 is 16.9 Å². The predicted octanol–water partition coefficient (Wildman–Crippen LogP) is 4.70. The highest BCUT2D eigenvalue weighted by molar-refractivity contribution is 9.10. The molecule has 0 saturated heterocycles. The molecule has 0 spiro atoms. The van der Waals surface area contributed by atoms with Crippen LogP contribution in [0, 0.1) is 10.1 Å². The third-order valence-corrected chi connectivity index (χ3v) is 5.21. The van der Waals surface area contributed by atoms with Crippen molar-refractivity contribution in [2.24, 2.45) is 4.99 Å². The number of rotatable bonds is 9. The highest BCUT2D eigenvalue weighted by atomic mass is 79.9. The first kappa shape index (κ1) is 25.2. The molecule has 2 aromatic rings. The minimum absolute atomic E-state index is 0.0490. The van der Waals surface area contributed by atoms with Gasteiger partial charge in [0.2, 0.25) is 5.90 Å². The summed E-state index contributed by atoms with van der Waals surface area (Å²) < 4.78 is 21.7. The Hall–Kier alpha value is -3.44. The summed E-state index contributed by atoms with van der Waals surface area (Å²) in [6, 6.07) is 6.97. The average molecular weight is 554 g/mol. The number of halogens is 2. The van der Waals surface area contributed by atoms with Gasteiger partial charge in [0.1, 0.15) is 0 Å². The van der Waals surface area contributed by atoms with Crippen LogP contribution in [-0.4, -0.2) is 42.6 Å². The van der Waals surface area contributed by atoms with Crippen LogP contribution in [0.25, 0.3) is 6.08 Å². The zero-order chi connectivity index (χ0) is 24.8. The van der Waals surface area contributed by atoms with Crippen molar-refractivity contribution in [3.05, 3.63) is 66.8 Å². The lowest BCUT2D eigenvalue weighted by Crippen LogP contribution is -2.15. The Morgan fingerprint density at radius 1 is 1.24 bits per heavy atom. The fourth-order valence-electron chi connectivity index (χ4n) is 2.88. The summed E-state index contributed by atoms with van der Waals surface area (Å²) >= 11 is 9.50. The van der Waals surface area contributed by atoms with Crippen molar-refractivity contribution in [3.8, 4) is 11.5 Å². The normalized spacial score (nSPS) is 13.9. The number of hydrogen-bond donors (Lipinski definition) is 0. The number of cyclic esters (lactones) is 1. The SMILES string of the molecule is CCOC(=O)COc1c(Br)cc(/C=C2\N=C(c3cc([N+](=O)[O-])ccc3Cl)OC2=O)cc1OCC. The van der Waals surface area contributed by atoms with E-state index in [0.29, 0.717) is 28.1 Å². The third kappa shape index (κ3) is 5.91. The number of nitro groups is 1. The van der Waals surface area contributed by atoms with Crippen LogP contribution in [0.4, 0.5) is 5.69 Å². The van der Waals surface area contributed by atoms with Crippen LogP contribution in [0.15, 0.2) is 45.5 Å². The summed E-state index contributed by atoms with van der Waals surface area (Å²) in [5.41, 5.74) is 0.360. The van der Waals surface area contributed by atoms with Crippen molar-refractivity contribution < 1.29 is 33.5 Å². The Balaban J connectivity index is 1.93. The summed E-state index contributed by atoms with van der Waals surface area (Å²) in [6.45, 7) is 3.71. The number of aliphatic imine (C=N–C) groups is 1. The summed E-state index contributed by atoms with van der Waals surface area (Å²) in [5.74, 6) is -0.819. The molecule has 0 radical (unpaired) electrons. The van der Waals surface area contributed by atoms with Crippen molar-refractivity contribution in [1.29, 1.82) is 0 Å². The molecule has 12 heteroatoms. The molecule has 1 heterocycles. The second kappa shape index (κ2) is 11.1. The summed E-state index contributed by atoms with van der Waals surface area (Å²) in [5, 5.41) is 11.2. The van der Waals surface area contributed by atoms with Crippen molar-refractivity contribution in [3.63, 3.8) is 0 Å². The zero-order valence-corrected chi connectivity index (χ0v) is 20.3. The summed E-state index contributed by atoms with van der Waals surface area (Å²) in [6.07, 6.45) is 1.45. The topological polar surface area (TPSA) is 127 Å². The minimum atomic E-state index is -0.755. The van der Waals surface area contributed by atoms with Crippen LogP contribution in [0.1, 0.15) is 25.0 Å². The molecule has 10 nitrogen and oxygen atoms in total. The number of non-ortho nitro benzene ring substituents is 1. The van der Waals surface area contributed by atoms with Crippen molar-refractivity contribution in [2.45, 2.75) is 13.8 Å². The fourth-order valence-corrected chi connectivity index (χ4v) is 3.65. The molecule has 1 aliphatic heterocycles. The van der Waals surface area contributed by atoms with E-state index in [2.05, 4.69) is 20.9 Å². The lowest BCUT2D eigenvalue weighted by atomic mass is 10.1. The summed E-state index contributed by atoms with van der Waals surface area (Å²) in [7, 11) is 0. The summed E-state index contributed by atoms with van der Waals surface area (Å²) in [4.78, 5) is 38.7. The molecule has 178 valence electrons. The molecule has 0 bridgehead atoms. The molecule has 1 aliphatic rings. The quantitative estimate of drug-likeness (QED) is 0.189. The van der Waals surface area contributed by atoms with Gasteiger partial charge in [0.15, 0.2) is 23.8 Å². The van der Waals surface area contributed by atoms with E-state index >= 15 is 0 Å². The van der Waals surface area contributed by atoms with Gasteiger partial charge in [0, 0.05) is 12.1 Å². The van der Waals surface area contributed by atoms with Crippen LogP contribution in [0.2, 0.25) is 5.02 Å². The lowest BCUT2D eigenvalue weighted by Gasteiger charge is -2.14. The average Bonchev–Trinajstić information content (AvgIpc) is 3.13. The largest absolute Gasteiger partial charge is 0.490 e. The van der Waals surface area contributed by atoms with Gasteiger partial charge in [-0.05, 0) is 59.6 Å². The maximum absolute atomic E-state index is 12.4. The number of carbonyl (C=O) groups is 2. The van der Waals surface area contributed by atoms with Crippen molar-refractivity contribution in [1.82, 2.24) is 0 Å². The number of nitrogens with zero attached hydrogens (tertiary/aromatic N) is 2. The molecule has 0 aromatic heterocycles. The van der Waals surface area contributed by atoms with Crippen molar-refractivity contribution in [2.75, 3.05) is 19.8 Å². The Kier molecular flexibility index (Phi) is 8.24. The Morgan fingerprint density at radius 2 is 2.00 bits per heavy atom. The van der Waals surface area contributed by atoms with E-state index in [1.165, 1.54) is 24.3 Å². The maximum atomic E-state index is 12.4. The van der Waals surface area contributed by atoms with Gasteiger partial charge in [-0.15, -0.1) is 0 Å². The van der Waals surface area contributed by atoms with E-state index in [9.17, 15) is 19.7 Å². The molecule has 0 N–H and O–H groups in total. The molecule has 0 aliphatic carbocycles. The van der Waals surface area contributed by atoms with Crippen LogP contribution in [0.5, 0.6) is 11.5 Å². The molecule has 0 saturated carbocycles. The van der Waals surface area contributed by atoms with Crippen LogP contribution in [-0.2, 0) is 19.1 Å². The zero-order valence-electron chi connectivity index (χ0n) is 18.0. The van der Waals surface area contributed by atoms with Crippen molar-refractivity contribution >= 4 is 57.1 Å². The smallest absolute Gasteiger partial charge is 0.363 e. The maximum Gasteiger partial charge on any atom is 0.363 e. The molecule has 0 atom stereocenters. The van der Waals surface area contributed by atoms with Crippen LogP contribution >= 0.6 is 27.5 Å². The Bertz CT molecular complexity index is 1210. The molecule has 0 unspecified atom stereocenters. The lowest BCUT2D eigenvalue weighted by molar-refractivity contribution is -0.384. The third-order valence-electron chi connectivity index (χ3n) is 4.29. The Morgan fingerprint density at radius 3 is 2.68 bits per heavy atom. The monoisotopic (exact) mass is 552 g/mol. The van der Waals surface area contributed by atoms with Gasteiger partial charge in [0.05, 0.1) is 33.2 Å². The molecular weight excluding hydrogens is 536 g/mol. The highest BCUT2D eigenvalue weighted by Crippen LogP contribution is 2.38. The number of hydrogen-bond acceptors (Lipinski definition) is 9. The molecule has 3 rings (SSSR count). The van der Waals surface area contributed by atoms with E-state index in [4.69, 9.17) is 30.5 Å². The molecule has 34 heavy (non-hydrogen) atoms. The fraction of sp³-hybridized carbons (Fsp3) is 0.227. The van der Waals surface area contributed by atoms with Crippen LogP contribution in [0.3, 0.4) is 0 Å². The minimum Gasteiger partial charge on any atom is -0.490 e. The molecule has 0 fully saturated rings. The van der Waals surface area contributed by atoms with Gasteiger partial charge < -0.3 is 18.9 Å². The van der Waals surface area contributed by atoms with Gasteiger partial charge in [-0.1, -0.05) is 11.6 Å². The highest BCUT2D eigenvalue weighted by Gasteiger charge is 2.27. The van der Waals surface area contributed by atoms with E-state index in [1.807, 2.05) is 0 Å². The van der Waals surface area contributed by atoms with E-state index in [-0.39, 0.29) is 41.1 Å². The van der Waals surface area contributed by atoms with Gasteiger partial charge in [-0.25, -0.2) is 14.6 Å². The van der Waals surface area contributed by atoms with Crippen LogP contribution < -0.4 is 9.47 Å². The molecule has 0 amide bonds. The molecule has 2 aromatic carbocycles. The van der Waals surface area contributed by atoms with E-state index in [1.54, 1.807) is 26.0 Å². The first-order valence-corrected chi connectivity index (χ1v) is 11.1. The molecular formula is C22H18BrClN2O8. The Labute approximate surface area is 207 Å². The van der Waals surface area contributed by atoms with Gasteiger partial charge >= 0.3 is 11.9 Å². The first-order valence-electron chi connectivity index (χ1n) is 9.95. The number of nitro benzene ring substituents is 1. The second-order valence-corrected chi connectivity index (χ2v) is 7.88. The van der Waals surface area contributed by atoms with E-state index in [0.717, 1.165) is 0 Å².